The van der Waals surface area contributed by atoms with Gasteiger partial charge in [0.05, 0.1) is 0 Å². The van der Waals surface area contributed by atoms with E-state index in [0.717, 1.165) is 5.92 Å². The summed E-state index contributed by atoms with van der Waals surface area (Å²) in [4.78, 5) is 0. The minimum Gasteiger partial charge on any atom is -0.311 e. The molecule has 0 aromatic carbocycles. The van der Waals surface area contributed by atoms with Crippen LogP contribution < -0.4 is 5.32 Å². The van der Waals surface area contributed by atoms with Gasteiger partial charge in [0.2, 0.25) is 0 Å². The van der Waals surface area contributed by atoms with E-state index in [-0.39, 0.29) is 0 Å². The van der Waals surface area contributed by atoms with Crippen LogP contribution in [0, 0.1) is 5.92 Å². The third-order valence-corrected chi connectivity index (χ3v) is 5.11. The van der Waals surface area contributed by atoms with E-state index in [1.165, 1.54) is 83.6 Å². The number of hydrogen-bond acceptors (Lipinski definition) is 1. The molecule has 0 aromatic rings. The van der Waals surface area contributed by atoms with E-state index in [1.54, 1.807) is 0 Å². The third-order valence-electron chi connectivity index (χ3n) is 5.11. The highest BCUT2D eigenvalue weighted by molar-refractivity contribution is 4.92. The van der Waals surface area contributed by atoms with Crippen molar-refractivity contribution in [3.05, 3.63) is 0 Å². The Morgan fingerprint density at radius 2 is 1.58 bits per heavy atom. The van der Waals surface area contributed by atoms with Crippen LogP contribution in [0.5, 0.6) is 0 Å². The van der Waals surface area contributed by atoms with Gasteiger partial charge < -0.3 is 5.32 Å². The normalized spacial score (nSPS) is 24.6. The number of nitrogens with one attached hydrogen (secondary N) is 1. The van der Waals surface area contributed by atoms with E-state index in [0.29, 0.717) is 5.54 Å². The first-order chi connectivity index (χ1) is 9.21. The summed E-state index contributed by atoms with van der Waals surface area (Å²) in [7, 11) is 0. The first-order valence-corrected chi connectivity index (χ1v) is 8.96. The average molecular weight is 268 g/mol. The zero-order chi connectivity index (χ0) is 14.0. The maximum Gasteiger partial charge on any atom is 0.0204 e. The summed E-state index contributed by atoms with van der Waals surface area (Å²) in [6, 6.07) is 0. The van der Waals surface area contributed by atoms with Gasteiger partial charge in [-0.1, -0.05) is 78.6 Å². The fourth-order valence-electron chi connectivity index (χ4n) is 3.56. The molecule has 1 fully saturated rings. The van der Waals surface area contributed by atoms with Crippen LogP contribution in [-0.4, -0.2) is 12.1 Å². The van der Waals surface area contributed by atoms with Gasteiger partial charge in [0.25, 0.3) is 0 Å². The van der Waals surface area contributed by atoms with Crippen LogP contribution in [0.25, 0.3) is 0 Å². The third kappa shape index (κ3) is 6.29. The lowest BCUT2D eigenvalue weighted by Gasteiger charge is -2.38. The lowest BCUT2D eigenvalue weighted by atomic mass is 9.78. The summed E-state index contributed by atoms with van der Waals surface area (Å²) in [5.74, 6) is 0.783. The van der Waals surface area contributed by atoms with E-state index in [9.17, 15) is 0 Å². The van der Waals surface area contributed by atoms with Crippen molar-refractivity contribution in [3.63, 3.8) is 0 Å². The van der Waals surface area contributed by atoms with Crippen molar-refractivity contribution in [1.82, 2.24) is 5.32 Å². The fourth-order valence-corrected chi connectivity index (χ4v) is 3.56. The molecule has 1 heterocycles. The highest BCUT2D eigenvalue weighted by Gasteiger charge is 2.32. The van der Waals surface area contributed by atoms with Gasteiger partial charge in [-0.05, 0) is 31.7 Å². The van der Waals surface area contributed by atoms with Gasteiger partial charge in [-0.25, -0.2) is 0 Å². The van der Waals surface area contributed by atoms with Crippen LogP contribution in [0.1, 0.15) is 97.8 Å². The van der Waals surface area contributed by atoms with Crippen molar-refractivity contribution < 1.29 is 0 Å². The summed E-state index contributed by atoms with van der Waals surface area (Å²) >= 11 is 0. The number of rotatable bonds is 9. The highest BCUT2D eigenvalue weighted by Crippen LogP contribution is 2.32. The van der Waals surface area contributed by atoms with Crippen LogP contribution >= 0.6 is 0 Å². The average Bonchev–Trinajstić information content (AvgIpc) is 2.64. The quantitative estimate of drug-likeness (QED) is 0.529. The molecule has 1 aliphatic heterocycles. The predicted octanol–water partition coefficient (Wildman–Crippen LogP) is 5.69. The Balaban J connectivity index is 2.22. The molecular weight excluding hydrogens is 230 g/mol. The van der Waals surface area contributed by atoms with Crippen LogP contribution in [0.3, 0.4) is 0 Å². The minimum absolute atomic E-state index is 0.458. The maximum atomic E-state index is 3.91. The molecule has 1 N–H and O–H groups in total. The molecule has 0 aromatic heterocycles. The number of unbranched alkanes of at least 4 members (excludes halogenated alkanes) is 6. The van der Waals surface area contributed by atoms with Crippen molar-refractivity contribution in [2.45, 2.75) is 103 Å². The molecular formula is C18H37N. The Morgan fingerprint density at radius 1 is 0.895 bits per heavy atom. The van der Waals surface area contributed by atoms with Gasteiger partial charge in [-0.15, -0.1) is 0 Å². The second-order valence-electron chi connectivity index (χ2n) is 6.92. The van der Waals surface area contributed by atoms with E-state index in [2.05, 4.69) is 26.1 Å². The van der Waals surface area contributed by atoms with E-state index >= 15 is 0 Å². The second kappa shape index (κ2) is 9.80. The SMILES string of the molecule is CCCCCCCCCC1(C(C)C)CCCCCN1. The number of hydrogen-bond donors (Lipinski definition) is 1. The van der Waals surface area contributed by atoms with Gasteiger partial charge in [0, 0.05) is 5.54 Å². The fraction of sp³-hybridized carbons (Fsp3) is 1.00. The molecule has 0 spiro atoms. The van der Waals surface area contributed by atoms with E-state index in [1.807, 2.05) is 0 Å². The summed E-state index contributed by atoms with van der Waals surface area (Å²) in [5.41, 5.74) is 0.458. The molecule has 0 amide bonds. The molecule has 1 saturated heterocycles. The molecule has 1 rings (SSSR count). The van der Waals surface area contributed by atoms with E-state index in [4.69, 9.17) is 0 Å². The van der Waals surface area contributed by atoms with Gasteiger partial charge in [0.15, 0.2) is 0 Å². The standard InChI is InChI=1S/C18H37N/c1-4-5-6-7-8-9-11-14-18(17(2)3)15-12-10-13-16-19-18/h17,19H,4-16H2,1-3H3. The zero-order valence-corrected chi connectivity index (χ0v) is 13.8. The molecule has 1 atom stereocenters. The Bertz CT molecular complexity index is 202. The molecule has 0 saturated carbocycles. The maximum absolute atomic E-state index is 3.91. The molecule has 1 unspecified atom stereocenters. The van der Waals surface area contributed by atoms with Crippen molar-refractivity contribution in [2.75, 3.05) is 6.54 Å². The van der Waals surface area contributed by atoms with Crippen LogP contribution in [0.2, 0.25) is 0 Å². The smallest absolute Gasteiger partial charge is 0.0204 e. The van der Waals surface area contributed by atoms with Gasteiger partial charge in [-0.3, -0.25) is 0 Å². The van der Waals surface area contributed by atoms with Crippen molar-refractivity contribution in [1.29, 1.82) is 0 Å². The Kier molecular flexibility index (Phi) is 8.77. The molecule has 19 heavy (non-hydrogen) atoms. The first-order valence-electron chi connectivity index (χ1n) is 8.96. The van der Waals surface area contributed by atoms with Crippen LogP contribution in [0.4, 0.5) is 0 Å². The minimum atomic E-state index is 0.458. The van der Waals surface area contributed by atoms with Crippen molar-refractivity contribution >= 4 is 0 Å². The molecule has 1 nitrogen and oxygen atoms in total. The van der Waals surface area contributed by atoms with Crippen LogP contribution in [-0.2, 0) is 0 Å². The van der Waals surface area contributed by atoms with Crippen LogP contribution in [0.15, 0.2) is 0 Å². The van der Waals surface area contributed by atoms with Gasteiger partial charge in [0.1, 0.15) is 0 Å². The first kappa shape index (κ1) is 17.0. The second-order valence-corrected chi connectivity index (χ2v) is 6.92. The molecule has 0 aliphatic carbocycles. The molecule has 0 radical (unpaired) electrons. The Morgan fingerprint density at radius 3 is 2.26 bits per heavy atom. The van der Waals surface area contributed by atoms with E-state index < -0.39 is 0 Å². The van der Waals surface area contributed by atoms with Gasteiger partial charge in [-0.2, -0.15) is 0 Å². The summed E-state index contributed by atoms with van der Waals surface area (Å²) in [6.45, 7) is 8.37. The van der Waals surface area contributed by atoms with Gasteiger partial charge >= 0.3 is 0 Å². The molecule has 0 bridgehead atoms. The molecule has 1 aliphatic rings. The lowest BCUT2D eigenvalue weighted by molar-refractivity contribution is 0.204. The monoisotopic (exact) mass is 267 g/mol. The van der Waals surface area contributed by atoms with Crippen molar-refractivity contribution in [2.24, 2.45) is 5.92 Å². The predicted molar refractivity (Wildman–Crippen MR) is 86.6 cm³/mol. The summed E-state index contributed by atoms with van der Waals surface area (Å²) in [5, 5.41) is 3.91. The largest absolute Gasteiger partial charge is 0.311 e. The zero-order valence-electron chi connectivity index (χ0n) is 13.8. The lowest BCUT2D eigenvalue weighted by Crippen LogP contribution is -2.49. The summed E-state index contributed by atoms with van der Waals surface area (Å²) in [6.07, 6.45) is 17.1. The molecule has 114 valence electrons. The highest BCUT2D eigenvalue weighted by atomic mass is 15.0. The van der Waals surface area contributed by atoms with Crippen molar-refractivity contribution in [3.8, 4) is 0 Å². The molecule has 1 heteroatoms. The summed E-state index contributed by atoms with van der Waals surface area (Å²) < 4.78 is 0. The Hall–Kier alpha value is -0.0400. The topological polar surface area (TPSA) is 12.0 Å². The Labute approximate surface area is 121 Å².